The Morgan fingerprint density at radius 2 is 1.86 bits per heavy atom. The molecule has 3 saturated carbocycles. The third kappa shape index (κ3) is 4.81. The van der Waals surface area contributed by atoms with Gasteiger partial charge < -0.3 is 10.6 Å². The largest absolute Gasteiger partial charge is 0.367 e. The third-order valence-corrected chi connectivity index (χ3v) is 7.87. The van der Waals surface area contributed by atoms with Crippen LogP contribution in [0.4, 0.5) is 11.6 Å². The van der Waals surface area contributed by atoms with Gasteiger partial charge in [-0.1, -0.05) is 6.92 Å². The Morgan fingerprint density at radius 1 is 1.14 bits per heavy atom. The van der Waals surface area contributed by atoms with Crippen molar-refractivity contribution in [3.63, 3.8) is 0 Å². The van der Waals surface area contributed by atoms with Crippen LogP contribution in [0.25, 0.3) is 11.7 Å². The molecule has 1 saturated heterocycles. The smallest absolute Gasteiger partial charge is 0.254 e. The summed E-state index contributed by atoms with van der Waals surface area (Å²) in [7, 11) is 0. The zero-order chi connectivity index (χ0) is 24.1. The van der Waals surface area contributed by atoms with E-state index in [1.165, 1.54) is 0 Å². The molecule has 1 aliphatic heterocycles. The van der Waals surface area contributed by atoms with Gasteiger partial charge in [0.15, 0.2) is 5.65 Å². The average Bonchev–Trinajstić information content (AvgIpc) is 3.72. The maximum atomic E-state index is 12.4. The minimum Gasteiger partial charge on any atom is -0.367 e. The van der Waals surface area contributed by atoms with Gasteiger partial charge in [0.2, 0.25) is 5.91 Å². The molecular formula is C26H32N6O3. The summed E-state index contributed by atoms with van der Waals surface area (Å²) < 4.78 is 1.77. The van der Waals surface area contributed by atoms with E-state index in [0.717, 1.165) is 63.0 Å². The number of hydrogen-bond donors (Lipinski definition) is 3. The van der Waals surface area contributed by atoms with Crippen LogP contribution in [0.3, 0.4) is 0 Å². The summed E-state index contributed by atoms with van der Waals surface area (Å²) in [6, 6.07) is 2.76. The van der Waals surface area contributed by atoms with Crippen LogP contribution in [0.1, 0.15) is 70.3 Å². The Bertz CT molecular complexity index is 1220. The van der Waals surface area contributed by atoms with Gasteiger partial charge in [-0.05, 0) is 62.9 Å². The standard InChI is InChI=1S/C26H32N6O3/c1-14-8-20(14)21(33)9-15-2-4-18(5-3-15)28-22-12-23(29-19-6-7-19)32-25(30-22)17(13-27-32)10-16-11-24(34)31-26(16)35/h10,12-15,18-20,29H,2-9,11H2,1H3,(H,28,30)(H,31,34,35)/b16-10+. The van der Waals surface area contributed by atoms with Crippen LogP contribution in [0.15, 0.2) is 17.8 Å². The minimum absolute atomic E-state index is 0.0761. The summed E-state index contributed by atoms with van der Waals surface area (Å²) in [4.78, 5) is 40.9. The van der Waals surface area contributed by atoms with Gasteiger partial charge in [0.25, 0.3) is 5.91 Å². The molecule has 4 aliphatic rings. The van der Waals surface area contributed by atoms with Gasteiger partial charge in [0.1, 0.15) is 17.4 Å². The lowest BCUT2D eigenvalue weighted by molar-refractivity contribution is -0.124. The minimum atomic E-state index is -0.355. The number of imide groups is 1. The number of aromatic nitrogens is 3. The fraction of sp³-hybridized carbons (Fsp3) is 0.577. The van der Waals surface area contributed by atoms with Crippen LogP contribution in [-0.4, -0.2) is 44.3 Å². The van der Waals surface area contributed by atoms with E-state index in [1.54, 1.807) is 16.8 Å². The number of fused-ring (bicyclic) bond motifs is 1. The second-order valence-electron chi connectivity index (χ2n) is 10.9. The molecule has 2 aromatic rings. The first kappa shape index (κ1) is 22.2. The number of rotatable bonds is 8. The molecule has 184 valence electrons. The van der Waals surface area contributed by atoms with Gasteiger partial charge in [-0.25, -0.2) is 4.98 Å². The summed E-state index contributed by atoms with van der Waals surface area (Å²) in [5.74, 6) is 2.90. The van der Waals surface area contributed by atoms with Crippen LogP contribution in [0, 0.1) is 17.8 Å². The molecule has 0 spiro atoms. The van der Waals surface area contributed by atoms with E-state index in [1.807, 2.05) is 6.07 Å². The van der Waals surface area contributed by atoms with Gasteiger partial charge in [-0.2, -0.15) is 9.61 Å². The average molecular weight is 477 g/mol. The molecule has 0 aromatic carbocycles. The van der Waals surface area contributed by atoms with Crippen molar-refractivity contribution in [2.45, 2.75) is 76.8 Å². The van der Waals surface area contributed by atoms with Crippen molar-refractivity contribution in [3.05, 3.63) is 23.4 Å². The lowest BCUT2D eigenvalue weighted by Gasteiger charge is -2.29. The zero-order valence-corrected chi connectivity index (χ0v) is 20.0. The molecule has 9 heteroatoms. The van der Waals surface area contributed by atoms with Crippen molar-refractivity contribution in [3.8, 4) is 0 Å². The Hall–Kier alpha value is -3.23. The van der Waals surface area contributed by atoms with E-state index in [4.69, 9.17) is 4.98 Å². The van der Waals surface area contributed by atoms with Crippen molar-refractivity contribution in [1.29, 1.82) is 0 Å². The zero-order valence-electron chi connectivity index (χ0n) is 20.0. The number of amides is 2. The second kappa shape index (κ2) is 8.77. The number of hydrogen-bond acceptors (Lipinski definition) is 7. The highest BCUT2D eigenvalue weighted by Crippen LogP contribution is 2.41. The van der Waals surface area contributed by atoms with Crippen molar-refractivity contribution < 1.29 is 14.4 Å². The molecule has 3 aliphatic carbocycles. The molecule has 2 atom stereocenters. The molecule has 35 heavy (non-hydrogen) atoms. The number of anilines is 2. The van der Waals surface area contributed by atoms with Crippen LogP contribution in [-0.2, 0) is 14.4 Å². The number of nitrogens with one attached hydrogen (secondary N) is 3. The van der Waals surface area contributed by atoms with E-state index < -0.39 is 0 Å². The molecule has 2 aromatic heterocycles. The van der Waals surface area contributed by atoms with E-state index in [0.29, 0.717) is 52.4 Å². The van der Waals surface area contributed by atoms with Crippen molar-refractivity contribution in [1.82, 2.24) is 19.9 Å². The molecule has 2 amide bonds. The van der Waals surface area contributed by atoms with Crippen molar-refractivity contribution in [2.24, 2.45) is 17.8 Å². The van der Waals surface area contributed by atoms with Crippen LogP contribution < -0.4 is 16.0 Å². The molecule has 2 unspecified atom stereocenters. The summed E-state index contributed by atoms with van der Waals surface area (Å²) >= 11 is 0. The molecule has 0 bridgehead atoms. The Morgan fingerprint density at radius 3 is 2.51 bits per heavy atom. The number of Topliss-reactive ketones (excluding diaryl/α,β-unsaturated/α-hetero) is 1. The highest BCUT2D eigenvalue weighted by molar-refractivity contribution is 6.15. The predicted molar refractivity (Wildman–Crippen MR) is 132 cm³/mol. The SMILES string of the molecule is CC1CC1C(=O)CC1CCC(Nc2cc(NC3CC3)n3ncc(/C=C4\CC(=O)NC4=O)c3n2)CC1. The number of carbonyl (C=O) groups excluding carboxylic acids is 3. The maximum Gasteiger partial charge on any atom is 0.254 e. The van der Waals surface area contributed by atoms with E-state index in [-0.39, 0.29) is 18.2 Å². The first-order valence-electron chi connectivity index (χ1n) is 12.9. The van der Waals surface area contributed by atoms with Crippen LogP contribution >= 0.6 is 0 Å². The van der Waals surface area contributed by atoms with E-state index in [2.05, 4.69) is 28.0 Å². The molecule has 0 radical (unpaired) electrons. The summed E-state index contributed by atoms with van der Waals surface area (Å²) in [6.45, 7) is 2.17. The molecule has 3 N–H and O–H groups in total. The van der Waals surface area contributed by atoms with Gasteiger partial charge >= 0.3 is 0 Å². The topological polar surface area (TPSA) is 117 Å². The molecule has 9 nitrogen and oxygen atoms in total. The first-order chi connectivity index (χ1) is 16.9. The fourth-order valence-corrected chi connectivity index (χ4v) is 5.43. The molecular weight excluding hydrogens is 444 g/mol. The predicted octanol–water partition coefficient (Wildman–Crippen LogP) is 3.32. The maximum absolute atomic E-state index is 12.4. The van der Waals surface area contributed by atoms with Crippen LogP contribution in [0.5, 0.6) is 0 Å². The second-order valence-corrected chi connectivity index (χ2v) is 10.9. The number of nitrogens with zero attached hydrogens (tertiary/aromatic N) is 3. The van der Waals surface area contributed by atoms with Gasteiger partial charge in [0, 0.05) is 41.6 Å². The molecule has 4 fully saturated rings. The Kier molecular flexibility index (Phi) is 5.57. The number of ketones is 1. The highest BCUT2D eigenvalue weighted by atomic mass is 16.2. The van der Waals surface area contributed by atoms with Gasteiger partial charge in [-0.15, -0.1) is 0 Å². The summed E-state index contributed by atoms with van der Waals surface area (Å²) in [5.41, 5.74) is 1.79. The van der Waals surface area contributed by atoms with Crippen molar-refractivity contribution in [2.75, 3.05) is 10.6 Å². The summed E-state index contributed by atoms with van der Waals surface area (Å²) in [5, 5.41) is 14.0. The fourth-order valence-electron chi connectivity index (χ4n) is 5.43. The Labute approximate surface area is 204 Å². The molecule has 3 heterocycles. The van der Waals surface area contributed by atoms with E-state index in [9.17, 15) is 14.4 Å². The summed E-state index contributed by atoms with van der Waals surface area (Å²) in [6.07, 6.45) is 11.7. The highest BCUT2D eigenvalue weighted by Gasteiger charge is 2.39. The normalized spacial score (nSPS) is 29.5. The van der Waals surface area contributed by atoms with Gasteiger partial charge in [-0.3, -0.25) is 19.7 Å². The van der Waals surface area contributed by atoms with E-state index >= 15 is 0 Å². The quantitative estimate of drug-likeness (QED) is 0.395. The first-order valence-corrected chi connectivity index (χ1v) is 12.9. The molecule has 6 rings (SSSR count). The number of carbonyl (C=O) groups is 3. The monoisotopic (exact) mass is 476 g/mol. The lowest BCUT2D eigenvalue weighted by atomic mass is 9.82. The lowest BCUT2D eigenvalue weighted by Crippen LogP contribution is -2.28. The Balaban J connectivity index is 1.18. The third-order valence-electron chi connectivity index (χ3n) is 7.87. The van der Waals surface area contributed by atoms with Gasteiger partial charge in [0.05, 0.1) is 12.6 Å². The van der Waals surface area contributed by atoms with Crippen molar-refractivity contribution >= 4 is 41.0 Å². The van der Waals surface area contributed by atoms with Crippen LogP contribution in [0.2, 0.25) is 0 Å².